The summed E-state index contributed by atoms with van der Waals surface area (Å²) in [5, 5.41) is 0.0537. The summed E-state index contributed by atoms with van der Waals surface area (Å²) in [6.45, 7) is 2.58. The van der Waals surface area contributed by atoms with Gasteiger partial charge in [0.2, 0.25) is 5.95 Å². The number of nitrogens with two attached hydrogens (primary N) is 1. The number of nitrogen functional groups attached to an aromatic ring is 1. The molecule has 2 aromatic carbocycles. The highest BCUT2D eigenvalue weighted by molar-refractivity contribution is 6.31. The maximum atomic E-state index is 13.6. The maximum Gasteiger partial charge on any atom is 0.201 e. The van der Waals surface area contributed by atoms with Crippen LogP contribution in [0.25, 0.3) is 11.0 Å². The average Bonchev–Trinajstić information content (AvgIpc) is 2.69. The number of hydrogen-bond acceptors (Lipinski definition) is 2. The largest absolute Gasteiger partial charge is 0.369 e. The summed E-state index contributed by atoms with van der Waals surface area (Å²) in [6, 6.07) is 10.9. The Labute approximate surface area is 120 Å². The van der Waals surface area contributed by atoms with Crippen LogP contribution in [0.1, 0.15) is 11.1 Å². The molecule has 0 aliphatic carbocycles. The van der Waals surface area contributed by atoms with Gasteiger partial charge in [-0.25, -0.2) is 9.37 Å². The lowest BCUT2D eigenvalue weighted by atomic mass is 10.1. The lowest BCUT2D eigenvalue weighted by molar-refractivity contribution is 0.629. The smallest absolute Gasteiger partial charge is 0.201 e. The number of fused-ring (bicyclic) bond motifs is 1. The zero-order chi connectivity index (χ0) is 14.3. The quantitative estimate of drug-likeness (QED) is 0.780. The van der Waals surface area contributed by atoms with Gasteiger partial charge >= 0.3 is 0 Å². The van der Waals surface area contributed by atoms with Crippen molar-refractivity contribution < 1.29 is 4.39 Å². The van der Waals surface area contributed by atoms with Gasteiger partial charge in [0.1, 0.15) is 5.82 Å². The molecule has 0 aliphatic heterocycles. The molecule has 5 heteroatoms. The summed E-state index contributed by atoms with van der Waals surface area (Å²) in [5.74, 6) is -0.116. The van der Waals surface area contributed by atoms with E-state index in [2.05, 4.69) is 4.98 Å². The second-order valence-electron chi connectivity index (χ2n) is 4.74. The van der Waals surface area contributed by atoms with Crippen LogP contribution in [-0.4, -0.2) is 9.55 Å². The highest BCUT2D eigenvalue weighted by Crippen LogP contribution is 2.25. The van der Waals surface area contributed by atoms with Gasteiger partial charge < -0.3 is 10.3 Å². The van der Waals surface area contributed by atoms with Crippen molar-refractivity contribution in [3.63, 3.8) is 0 Å². The normalized spacial score (nSPS) is 11.2. The van der Waals surface area contributed by atoms with Gasteiger partial charge in [0.15, 0.2) is 0 Å². The first kappa shape index (κ1) is 12.9. The molecule has 102 valence electrons. The summed E-state index contributed by atoms with van der Waals surface area (Å²) in [5.41, 5.74) is 9.46. The molecule has 3 rings (SSSR count). The van der Waals surface area contributed by atoms with Gasteiger partial charge in [0.25, 0.3) is 0 Å². The molecule has 0 atom stereocenters. The van der Waals surface area contributed by atoms with Crippen molar-refractivity contribution in [2.24, 2.45) is 0 Å². The fourth-order valence-electron chi connectivity index (χ4n) is 2.26. The van der Waals surface area contributed by atoms with E-state index >= 15 is 0 Å². The standard InChI is InChI=1S/C15H13ClFN3/c1-9-4-2-3-5-10(9)8-20-14-7-12(17)11(16)6-13(14)19-15(20)18/h2-7H,8H2,1H3,(H2,18,19). The minimum Gasteiger partial charge on any atom is -0.369 e. The van der Waals surface area contributed by atoms with E-state index in [9.17, 15) is 4.39 Å². The number of benzene rings is 2. The predicted molar refractivity (Wildman–Crippen MR) is 79.4 cm³/mol. The first-order valence-corrected chi connectivity index (χ1v) is 6.59. The minimum absolute atomic E-state index is 0.0537. The zero-order valence-electron chi connectivity index (χ0n) is 10.9. The lowest BCUT2D eigenvalue weighted by Crippen LogP contribution is -2.05. The van der Waals surface area contributed by atoms with Crippen LogP contribution in [0, 0.1) is 12.7 Å². The van der Waals surface area contributed by atoms with Crippen molar-refractivity contribution in [3.8, 4) is 0 Å². The van der Waals surface area contributed by atoms with E-state index in [1.807, 2.05) is 31.2 Å². The SMILES string of the molecule is Cc1ccccc1Cn1c(N)nc2cc(Cl)c(F)cc21. The molecule has 0 radical (unpaired) electrons. The van der Waals surface area contributed by atoms with Crippen molar-refractivity contribution in [1.82, 2.24) is 9.55 Å². The second-order valence-corrected chi connectivity index (χ2v) is 5.14. The van der Waals surface area contributed by atoms with Gasteiger partial charge in [-0.3, -0.25) is 0 Å². The Morgan fingerprint density at radius 3 is 2.80 bits per heavy atom. The number of hydrogen-bond donors (Lipinski definition) is 1. The fourth-order valence-corrected chi connectivity index (χ4v) is 2.42. The highest BCUT2D eigenvalue weighted by Gasteiger charge is 2.12. The number of aromatic nitrogens is 2. The van der Waals surface area contributed by atoms with Crippen LogP contribution < -0.4 is 5.73 Å². The number of aryl methyl sites for hydroxylation is 1. The molecule has 0 bridgehead atoms. The summed E-state index contributed by atoms with van der Waals surface area (Å²) in [4.78, 5) is 4.23. The molecular weight excluding hydrogens is 277 g/mol. The zero-order valence-corrected chi connectivity index (χ0v) is 11.7. The Bertz CT molecular complexity index is 795. The predicted octanol–water partition coefficient (Wildman–Crippen LogP) is 3.77. The molecular formula is C15H13ClFN3. The van der Waals surface area contributed by atoms with E-state index in [0.29, 0.717) is 23.5 Å². The van der Waals surface area contributed by atoms with Crippen molar-refractivity contribution >= 4 is 28.6 Å². The summed E-state index contributed by atoms with van der Waals surface area (Å²) in [6.07, 6.45) is 0. The van der Waals surface area contributed by atoms with Gasteiger partial charge in [0.05, 0.1) is 22.6 Å². The molecule has 0 saturated carbocycles. The third kappa shape index (κ3) is 2.12. The molecule has 0 unspecified atom stereocenters. The minimum atomic E-state index is -0.467. The highest BCUT2D eigenvalue weighted by atomic mass is 35.5. The molecule has 0 amide bonds. The van der Waals surface area contributed by atoms with E-state index in [0.717, 1.165) is 11.1 Å². The Morgan fingerprint density at radius 1 is 1.30 bits per heavy atom. The van der Waals surface area contributed by atoms with Crippen LogP contribution in [-0.2, 0) is 6.54 Å². The monoisotopic (exact) mass is 289 g/mol. The number of nitrogens with zero attached hydrogens (tertiary/aromatic N) is 2. The molecule has 1 aromatic heterocycles. The van der Waals surface area contributed by atoms with E-state index in [-0.39, 0.29) is 5.02 Å². The van der Waals surface area contributed by atoms with Crippen LogP contribution in [0.5, 0.6) is 0 Å². The third-order valence-corrected chi connectivity index (χ3v) is 3.70. The molecule has 20 heavy (non-hydrogen) atoms. The molecule has 3 aromatic rings. The summed E-state index contributed by atoms with van der Waals surface area (Å²) in [7, 11) is 0. The van der Waals surface area contributed by atoms with E-state index in [1.165, 1.54) is 12.1 Å². The van der Waals surface area contributed by atoms with Crippen LogP contribution >= 0.6 is 11.6 Å². The Morgan fingerprint density at radius 2 is 2.05 bits per heavy atom. The number of halogens is 2. The Kier molecular flexibility index (Phi) is 3.10. The first-order chi connectivity index (χ1) is 9.56. The molecule has 0 spiro atoms. The second kappa shape index (κ2) is 4.80. The van der Waals surface area contributed by atoms with Gasteiger partial charge in [-0.2, -0.15) is 0 Å². The van der Waals surface area contributed by atoms with Crippen LogP contribution in [0.4, 0.5) is 10.3 Å². The molecule has 3 nitrogen and oxygen atoms in total. The number of rotatable bonds is 2. The first-order valence-electron chi connectivity index (χ1n) is 6.21. The summed E-state index contributed by atoms with van der Waals surface area (Å²) < 4.78 is 15.4. The van der Waals surface area contributed by atoms with Crippen molar-refractivity contribution in [2.75, 3.05) is 5.73 Å². The van der Waals surface area contributed by atoms with Crippen molar-refractivity contribution in [3.05, 3.63) is 58.4 Å². The van der Waals surface area contributed by atoms with Crippen LogP contribution in [0.2, 0.25) is 5.02 Å². The van der Waals surface area contributed by atoms with Gasteiger partial charge in [-0.1, -0.05) is 35.9 Å². The fraction of sp³-hybridized carbons (Fsp3) is 0.133. The number of anilines is 1. The van der Waals surface area contributed by atoms with E-state index < -0.39 is 5.82 Å². The lowest BCUT2D eigenvalue weighted by Gasteiger charge is -2.09. The van der Waals surface area contributed by atoms with Gasteiger partial charge in [-0.05, 0) is 24.1 Å². The van der Waals surface area contributed by atoms with Gasteiger partial charge in [-0.15, -0.1) is 0 Å². The Balaban J connectivity index is 2.14. The molecule has 2 N–H and O–H groups in total. The molecule has 0 aliphatic rings. The van der Waals surface area contributed by atoms with E-state index in [1.54, 1.807) is 4.57 Å². The number of imidazole rings is 1. The third-order valence-electron chi connectivity index (χ3n) is 3.41. The van der Waals surface area contributed by atoms with E-state index in [4.69, 9.17) is 17.3 Å². The molecule has 1 heterocycles. The van der Waals surface area contributed by atoms with Crippen molar-refractivity contribution in [1.29, 1.82) is 0 Å². The summed E-state index contributed by atoms with van der Waals surface area (Å²) >= 11 is 5.77. The maximum absolute atomic E-state index is 13.6. The Hall–Kier alpha value is -2.07. The van der Waals surface area contributed by atoms with Crippen LogP contribution in [0.3, 0.4) is 0 Å². The average molecular weight is 290 g/mol. The van der Waals surface area contributed by atoms with Gasteiger partial charge in [0, 0.05) is 6.07 Å². The molecule has 0 saturated heterocycles. The molecule has 0 fully saturated rings. The topological polar surface area (TPSA) is 43.8 Å². The van der Waals surface area contributed by atoms with Crippen LogP contribution in [0.15, 0.2) is 36.4 Å². The van der Waals surface area contributed by atoms with Crippen molar-refractivity contribution in [2.45, 2.75) is 13.5 Å².